The zero-order chi connectivity index (χ0) is 14.4. The number of methoxy groups -OCH3 is 1. The highest BCUT2D eigenvalue weighted by Crippen LogP contribution is 2.43. The molecular weight excluding hydrogens is 280 g/mol. The second-order valence-corrected chi connectivity index (χ2v) is 6.20. The quantitative estimate of drug-likeness (QED) is 0.569. The van der Waals surface area contributed by atoms with E-state index in [0.717, 1.165) is 34.1 Å². The number of benzene rings is 2. The van der Waals surface area contributed by atoms with E-state index < -0.39 is 0 Å². The molecular formula is C17H14N2OS. The number of rotatable bonds is 2. The van der Waals surface area contributed by atoms with Gasteiger partial charge in [0.25, 0.3) is 0 Å². The molecule has 0 aliphatic heterocycles. The van der Waals surface area contributed by atoms with Crippen LogP contribution in [0, 0.1) is 0 Å². The van der Waals surface area contributed by atoms with Gasteiger partial charge in [0.1, 0.15) is 10.8 Å². The summed E-state index contributed by atoms with van der Waals surface area (Å²) in [4.78, 5) is 6.15. The highest BCUT2D eigenvalue weighted by atomic mass is 32.1. The van der Waals surface area contributed by atoms with Crippen molar-refractivity contribution in [1.29, 1.82) is 0 Å². The molecule has 0 saturated heterocycles. The molecule has 1 aromatic heterocycles. The van der Waals surface area contributed by atoms with Crippen LogP contribution in [-0.4, -0.2) is 12.1 Å². The molecule has 0 saturated carbocycles. The van der Waals surface area contributed by atoms with Gasteiger partial charge < -0.3 is 10.5 Å². The number of ether oxygens (including phenoxy) is 1. The first-order valence-corrected chi connectivity index (χ1v) is 7.59. The van der Waals surface area contributed by atoms with Gasteiger partial charge in [-0.05, 0) is 42.0 Å². The van der Waals surface area contributed by atoms with Gasteiger partial charge in [0.15, 0.2) is 0 Å². The van der Waals surface area contributed by atoms with Gasteiger partial charge in [-0.25, -0.2) is 4.98 Å². The third kappa shape index (κ3) is 1.99. The maximum atomic E-state index is 5.74. The molecule has 1 heterocycles. The molecule has 0 spiro atoms. The molecule has 21 heavy (non-hydrogen) atoms. The summed E-state index contributed by atoms with van der Waals surface area (Å²) < 4.78 is 5.32. The summed E-state index contributed by atoms with van der Waals surface area (Å²) in [6, 6.07) is 14.1. The highest BCUT2D eigenvalue weighted by molar-refractivity contribution is 7.15. The number of aromatic nitrogens is 1. The second kappa shape index (κ2) is 4.60. The number of nitrogens with two attached hydrogens (primary N) is 1. The number of nitrogens with zero attached hydrogens (tertiary/aromatic N) is 1. The van der Waals surface area contributed by atoms with Gasteiger partial charge >= 0.3 is 0 Å². The average molecular weight is 294 g/mol. The van der Waals surface area contributed by atoms with Crippen LogP contribution >= 0.6 is 11.3 Å². The first-order chi connectivity index (χ1) is 10.2. The summed E-state index contributed by atoms with van der Waals surface area (Å²) in [7, 11) is 1.69. The lowest BCUT2D eigenvalue weighted by Gasteiger charge is -2.03. The number of thiazole rings is 1. The Bertz CT molecular complexity index is 821. The Labute approximate surface area is 127 Å². The fourth-order valence-electron chi connectivity index (χ4n) is 2.66. The predicted molar refractivity (Wildman–Crippen MR) is 86.8 cm³/mol. The Morgan fingerprint density at radius 1 is 1.14 bits per heavy atom. The summed E-state index contributed by atoms with van der Waals surface area (Å²) in [5.41, 5.74) is 11.3. The van der Waals surface area contributed by atoms with Crippen LogP contribution in [0.4, 0.5) is 5.69 Å². The van der Waals surface area contributed by atoms with Gasteiger partial charge in [-0.15, -0.1) is 11.3 Å². The molecule has 4 rings (SSSR count). The normalized spacial score (nSPS) is 12.0. The summed E-state index contributed by atoms with van der Waals surface area (Å²) in [5.74, 6) is 0.878. The molecule has 0 radical (unpaired) electrons. The summed E-state index contributed by atoms with van der Waals surface area (Å²) in [5, 5.41) is 1.05. The van der Waals surface area contributed by atoms with Gasteiger partial charge in [-0.3, -0.25) is 0 Å². The summed E-state index contributed by atoms with van der Waals surface area (Å²) in [6.45, 7) is 0. The fraction of sp³-hybridized carbons (Fsp3) is 0.118. The third-order valence-corrected chi connectivity index (χ3v) is 4.88. The van der Waals surface area contributed by atoms with Crippen molar-refractivity contribution in [3.63, 3.8) is 0 Å². The Hall–Kier alpha value is -2.33. The number of hydrogen-bond acceptors (Lipinski definition) is 4. The lowest BCUT2D eigenvalue weighted by Crippen LogP contribution is -1.87. The Morgan fingerprint density at radius 3 is 2.71 bits per heavy atom. The predicted octanol–water partition coefficient (Wildman–Crippen LogP) is 3.97. The zero-order valence-corrected chi connectivity index (χ0v) is 12.4. The van der Waals surface area contributed by atoms with E-state index in [4.69, 9.17) is 15.5 Å². The van der Waals surface area contributed by atoms with Crippen molar-refractivity contribution in [2.45, 2.75) is 6.42 Å². The van der Waals surface area contributed by atoms with Gasteiger partial charge in [0.05, 0.1) is 12.8 Å². The molecule has 0 fully saturated rings. The van der Waals surface area contributed by atoms with Crippen molar-refractivity contribution in [3.05, 3.63) is 52.9 Å². The average Bonchev–Trinajstić information content (AvgIpc) is 3.05. The first-order valence-electron chi connectivity index (χ1n) is 6.77. The van der Waals surface area contributed by atoms with Gasteiger partial charge in [0, 0.05) is 28.1 Å². The standard InChI is InChI=1S/C17H14N2OS/c1-20-13-7-4-11-8-15-16(14(11)9-13)19-17(21-15)10-2-5-12(18)6-3-10/h2-7,9H,8,18H2,1H3. The van der Waals surface area contributed by atoms with E-state index in [0.29, 0.717) is 0 Å². The summed E-state index contributed by atoms with van der Waals surface area (Å²) in [6.07, 6.45) is 0.960. The van der Waals surface area contributed by atoms with Crippen LogP contribution in [0.3, 0.4) is 0 Å². The number of hydrogen-bond donors (Lipinski definition) is 1. The van der Waals surface area contributed by atoms with E-state index in [1.54, 1.807) is 18.4 Å². The van der Waals surface area contributed by atoms with Gasteiger partial charge in [-0.1, -0.05) is 6.07 Å². The molecule has 0 unspecified atom stereocenters. The fourth-order valence-corrected chi connectivity index (χ4v) is 3.77. The molecule has 0 amide bonds. The molecule has 2 aromatic carbocycles. The van der Waals surface area contributed by atoms with Crippen molar-refractivity contribution in [2.24, 2.45) is 0 Å². The number of anilines is 1. The van der Waals surface area contributed by atoms with Gasteiger partial charge in [0.2, 0.25) is 0 Å². The lowest BCUT2D eigenvalue weighted by atomic mass is 10.1. The smallest absolute Gasteiger partial charge is 0.124 e. The monoisotopic (exact) mass is 294 g/mol. The van der Waals surface area contributed by atoms with Crippen LogP contribution in [0.1, 0.15) is 10.4 Å². The van der Waals surface area contributed by atoms with Crippen LogP contribution in [0.2, 0.25) is 0 Å². The van der Waals surface area contributed by atoms with E-state index in [1.807, 2.05) is 30.3 Å². The molecule has 4 heteroatoms. The molecule has 0 atom stereocenters. The van der Waals surface area contributed by atoms with Crippen LogP contribution in [0.25, 0.3) is 21.8 Å². The van der Waals surface area contributed by atoms with E-state index in [-0.39, 0.29) is 0 Å². The molecule has 1 aliphatic carbocycles. The van der Waals surface area contributed by atoms with Crippen molar-refractivity contribution in [2.75, 3.05) is 12.8 Å². The topological polar surface area (TPSA) is 48.1 Å². The largest absolute Gasteiger partial charge is 0.497 e. The van der Waals surface area contributed by atoms with E-state index in [9.17, 15) is 0 Å². The molecule has 1 aliphatic rings. The highest BCUT2D eigenvalue weighted by Gasteiger charge is 2.24. The van der Waals surface area contributed by atoms with E-state index in [1.165, 1.54) is 16.0 Å². The van der Waals surface area contributed by atoms with Crippen molar-refractivity contribution >= 4 is 17.0 Å². The van der Waals surface area contributed by atoms with Crippen LogP contribution in [-0.2, 0) is 6.42 Å². The minimum Gasteiger partial charge on any atom is -0.497 e. The lowest BCUT2D eigenvalue weighted by molar-refractivity contribution is 0.415. The second-order valence-electron chi connectivity index (χ2n) is 5.11. The minimum absolute atomic E-state index is 0.776. The maximum absolute atomic E-state index is 5.74. The SMILES string of the molecule is COc1ccc2c(c1)-c1nc(-c3ccc(N)cc3)sc1C2. The third-order valence-electron chi connectivity index (χ3n) is 3.78. The van der Waals surface area contributed by atoms with E-state index in [2.05, 4.69) is 12.1 Å². The van der Waals surface area contributed by atoms with Crippen molar-refractivity contribution in [1.82, 2.24) is 4.98 Å². The Kier molecular flexibility index (Phi) is 2.72. The molecule has 104 valence electrons. The van der Waals surface area contributed by atoms with Crippen molar-refractivity contribution in [3.8, 4) is 27.6 Å². The summed E-state index contributed by atoms with van der Waals surface area (Å²) >= 11 is 1.76. The number of nitrogen functional groups attached to an aromatic ring is 1. The van der Waals surface area contributed by atoms with E-state index >= 15 is 0 Å². The molecule has 0 bridgehead atoms. The number of fused-ring (bicyclic) bond motifs is 3. The van der Waals surface area contributed by atoms with Crippen LogP contribution < -0.4 is 10.5 Å². The van der Waals surface area contributed by atoms with Crippen LogP contribution in [0.5, 0.6) is 5.75 Å². The zero-order valence-electron chi connectivity index (χ0n) is 11.6. The minimum atomic E-state index is 0.776. The Morgan fingerprint density at radius 2 is 1.95 bits per heavy atom. The van der Waals surface area contributed by atoms with Crippen molar-refractivity contribution < 1.29 is 4.74 Å². The molecule has 3 nitrogen and oxygen atoms in total. The first kappa shape index (κ1) is 12.4. The van der Waals surface area contributed by atoms with Gasteiger partial charge in [-0.2, -0.15) is 0 Å². The Balaban J connectivity index is 1.79. The maximum Gasteiger partial charge on any atom is 0.124 e. The molecule has 3 aromatic rings. The van der Waals surface area contributed by atoms with Crippen LogP contribution in [0.15, 0.2) is 42.5 Å². The molecule has 2 N–H and O–H groups in total.